The molecule has 0 saturated heterocycles. The third kappa shape index (κ3) is 3.00. The lowest BCUT2D eigenvalue weighted by Gasteiger charge is -2.09. The maximum absolute atomic E-state index is 13.7. The Morgan fingerprint density at radius 1 is 0.955 bits per heavy atom. The first-order chi connectivity index (χ1) is 10.6. The molecule has 3 rings (SSSR count). The number of benzene rings is 2. The van der Waals surface area contributed by atoms with Crippen molar-refractivity contribution in [1.29, 1.82) is 0 Å². The van der Waals surface area contributed by atoms with Gasteiger partial charge in [-0.2, -0.15) is 0 Å². The van der Waals surface area contributed by atoms with Gasteiger partial charge in [0.25, 0.3) is 0 Å². The lowest BCUT2D eigenvalue weighted by Crippen LogP contribution is -2.07. The number of anilines is 1. The number of halogens is 3. The van der Waals surface area contributed by atoms with E-state index in [0.29, 0.717) is 18.8 Å². The van der Waals surface area contributed by atoms with Gasteiger partial charge >= 0.3 is 0 Å². The van der Waals surface area contributed by atoms with Gasteiger partial charge in [0.05, 0.1) is 0 Å². The van der Waals surface area contributed by atoms with E-state index < -0.39 is 11.6 Å². The molecular weight excluding hydrogens is 291 g/mol. The highest BCUT2D eigenvalue weighted by molar-refractivity contribution is 5.89. The summed E-state index contributed by atoms with van der Waals surface area (Å²) in [6.07, 6.45) is 1.77. The van der Waals surface area contributed by atoms with Gasteiger partial charge in [-0.1, -0.05) is 12.1 Å². The minimum Gasteiger partial charge on any atom is -0.369 e. The fourth-order valence-electron chi connectivity index (χ4n) is 2.25. The second-order valence-corrected chi connectivity index (χ2v) is 4.81. The Morgan fingerprint density at radius 2 is 1.82 bits per heavy atom. The molecule has 0 atom stereocenters. The van der Waals surface area contributed by atoms with E-state index in [0.717, 1.165) is 11.6 Å². The number of rotatable bonds is 4. The Balaban J connectivity index is 1.79. The summed E-state index contributed by atoms with van der Waals surface area (Å²) in [6, 6.07) is 8.23. The third-order valence-corrected chi connectivity index (χ3v) is 3.25. The van der Waals surface area contributed by atoms with E-state index in [9.17, 15) is 13.2 Å². The average molecular weight is 303 g/mol. The van der Waals surface area contributed by atoms with Gasteiger partial charge in [0.15, 0.2) is 5.82 Å². The first kappa shape index (κ1) is 14.3. The molecule has 1 N–H and O–H groups in total. The fourth-order valence-corrected chi connectivity index (χ4v) is 2.25. The van der Waals surface area contributed by atoms with Gasteiger partial charge in [0.2, 0.25) is 0 Å². The number of nitrogens with zero attached hydrogens (tertiary/aromatic N) is 2. The smallest absolute Gasteiger partial charge is 0.152 e. The SMILES string of the molecule is Fc1cccc(CCNc2ncnc3c(F)cc(F)cc23)c1. The van der Waals surface area contributed by atoms with Crippen molar-refractivity contribution in [3.05, 3.63) is 65.7 Å². The minimum absolute atomic E-state index is 0.0599. The molecule has 0 aliphatic rings. The predicted molar refractivity (Wildman–Crippen MR) is 78.0 cm³/mol. The van der Waals surface area contributed by atoms with E-state index in [1.807, 2.05) is 6.07 Å². The summed E-state index contributed by atoms with van der Waals surface area (Å²) in [4.78, 5) is 7.83. The molecule has 0 aliphatic heterocycles. The van der Waals surface area contributed by atoms with Crippen LogP contribution in [0.25, 0.3) is 10.9 Å². The van der Waals surface area contributed by atoms with Crippen LogP contribution >= 0.6 is 0 Å². The Morgan fingerprint density at radius 3 is 2.64 bits per heavy atom. The van der Waals surface area contributed by atoms with Crippen LogP contribution in [0.15, 0.2) is 42.7 Å². The molecule has 3 nitrogen and oxygen atoms in total. The molecule has 2 aromatic carbocycles. The molecule has 22 heavy (non-hydrogen) atoms. The molecule has 112 valence electrons. The van der Waals surface area contributed by atoms with Crippen molar-refractivity contribution in [3.8, 4) is 0 Å². The van der Waals surface area contributed by atoms with Crippen LogP contribution in [0.2, 0.25) is 0 Å². The summed E-state index contributed by atoms with van der Waals surface area (Å²) in [7, 11) is 0. The van der Waals surface area contributed by atoms with Gasteiger partial charge < -0.3 is 5.32 Å². The molecule has 6 heteroatoms. The summed E-state index contributed by atoms with van der Waals surface area (Å²) in [5.41, 5.74) is 0.882. The first-order valence-corrected chi connectivity index (χ1v) is 6.71. The maximum Gasteiger partial charge on any atom is 0.152 e. The van der Waals surface area contributed by atoms with Crippen molar-refractivity contribution in [2.45, 2.75) is 6.42 Å². The molecule has 0 spiro atoms. The van der Waals surface area contributed by atoms with Crippen LogP contribution in [-0.4, -0.2) is 16.5 Å². The van der Waals surface area contributed by atoms with Crippen LogP contribution in [0.4, 0.5) is 19.0 Å². The highest BCUT2D eigenvalue weighted by Crippen LogP contribution is 2.22. The Labute approximate surface area is 124 Å². The molecule has 0 fully saturated rings. The second kappa shape index (κ2) is 6.01. The molecule has 0 aliphatic carbocycles. The molecule has 0 unspecified atom stereocenters. The summed E-state index contributed by atoms with van der Waals surface area (Å²) < 4.78 is 40.1. The van der Waals surface area contributed by atoms with Gasteiger partial charge in [-0.3, -0.25) is 0 Å². The van der Waals surface area contributed by atoms with E-state index in [1.54, 1.807) is 6.07 Å². The van der Waals surface area contributed by atoms with Crippen molar-refractivity contribution in [2.24, 2.45) is 0 Å². The number of aromatic nitrogens is 2. The Kier molecular flexibility index (Phi) is 3.91. The quantitative estimate of drug-likeness (QED) is 0.798. The Hall–Kier alpha value is -2.63. The van der Waals surface area contributed by atoms with Crippen molar-refractivity contribution in [2.75, 3.05) is 11.9 Å². The standard InChI is InChI=1S/C16H12F3N3/c17-11-3-1-2-10(6-11)4-5-20-16-13-7-12(18)8-14(19)15(13)21-9-22-16/h1-3,6-9H,4-5H2,(H,20,21,22). The fraction of sp³-hybridized carbons (Fsp3) is 0.125. The number of hydrogen-bond donors (Lipinski definition) is 1. The molecular formula is C16H12F3N3. The second-order valence-electron chi connectivity index (χ2n) is 4.81. The topological polar surface area (TPSA) is 37.8 Å². The molecule has 0 amide bonds. The summed E-state index contributed by atoms with van der Waals surface area (Å²) in [5.74, 6) is -1.37. The van der Waals surface area contributed by atoms with E-state index in [-0.39, 0.29) is 16.7 Å². The first-order valence-electron chi connectivity index (χ1n) is 6.71. The van der Waals surface area contributed by atoms with Crippen molar-refractivity contribution < 1.29 is 13.2 Å². The molecule has 1 aromatic heterocycles. The normalized spacial score (nSPS) is 10.9. The van der Waals surface area contributed by atoms with Gasteiger partial charge in [0.1, 0.15) is 29.3 Å². The lowest BCUT2D eigenvalue weighted by atomic mass is 10.1. The Bertz CT molecular complexity index is 821. The highest BCUT2D eigenvalue weighted by Gasteiger charge is 2.10. The van der Waals surface area contributed by atoms with Crippen molar-refractivity contribution in [1.82, 2.24) is 9.97 Å². The van der Waals surface area contributed by atoms with Gasteiger partial charge in [-0.05, 0) is 30.2 Å². The van der Waals surface area contributed by atoms with Gasteiger partial charge in [-0.15, -0.1) is 0 Å². The van der Waals surface area contributed by atoms with Crippen molar-refractivity contribution >= 4 is 16.7 Å². The van der Waals surface area contributed by atoms with Crippen LogP contribution in [-0.2, 0) is 6.42 Å². The highest BCUT2D eigenvalue weighted by atomic mass is 19.1. The molecule has 3 aromatic rings. The molecule has 0 radical (unpaired) electrons. The van der Waals surface area contributed by atoms with Gasteiger partial charge in [-0.25, -0.2) is 23.1 Å². The maximum atomic E-state index is 13.7. The van der Waals surface area contributed by atoms with E-state index in [1.165, 1.54) is 24.5 Å². The van der Waals surface area contributed by atoms with E-state index in [2.05, 4.69) is 15.3 Å². The van der Waals surface area contributed by atoms with Crippen LogP contribution < -0.4 is 5.32 Å². The average Bonchev–Trinajstić information content (AvgIpc) is 2.48. The predicted octanol–water partition coefficient (Wildman–Crippen LogP) is 3.70. The molecule has 1 heterocycles. The van der Waals surface area contributed by atoms with Crippen LogP contribution in [0, 0.1) is 17.5 Å². The number of fused-ring (bicyclic) bond motifs is 1. The van der Waals surface area contributed by atoms with E-state index in [4.69, 9.17) is 0 Å². The zero-order chi connectivity index (χ0) is 15.5. The monoisotopic (exact) mass is 303 g/mol. The van der Waals surface area contributed by atoms with Crippen molar-refractivity contribution in [3.63, 3.8) is 0 Å². The zero-order valence-corrected chi connectivity index (χ0v) is 11.5. The van der Waals surface area contributed by atoms with Crippen LogP contribution in [0.3, 0.4) is 0 Å². The largest absolute Gasteiger partial charge is 0.369 e. The molecule has 0 saturated carbocycles. The zero-order valence-electron chi connectivity index (χ0n) is 11.5. The summed E-state index contributed by atoms with van der Waals surface area (Å²) in [6.45, 7) is 0.452. The summed E-state index contributed by atoms with van der Waals surface area (Å²) >= 11 is 0. The lowest BCUT2D eigenvalue weighted by molar-refractivity contribution is 0.590. The van der Waals surface area contributed by atoms with Gasteiger partial charge in [0, 0.05) is 18.0 Å². The van der Waals surface area contributed by atoms with E-state index >= 15 is 0 Å². The minimum atomic E-state index is -0.731. The number of nitrogens with one attached hydrogen (secondary N) is 1. The summed E-state index contributed by atoms with van der Waals surface area (Å²) in [5, 5.41) is 3.28. The molecule has 0 bridgehead atoms. The van der Waals surface area contributed by atoms with Crippen LogP contribution in [0.1, 0.15) is 5.56 Å². The third-order valence-electron chi connectivity index (χ3n) is 3.25. The number of hydrogen-bond acceptors (Lipinski definition) is 3. The van der Waals surface area contributed by atoms with Crippen LogP contribution in [0.5, 0.6) is 0 Å².